The van der Waals surface area contributed by atoms with Crippen molar-refractivity contribution >= 4 is 15.9 Å². The van der Waals surface area contributed by atoms with Gasteiger partial charge in [0.15, 0.2) is 21.3 Å². The third kappa shape index (κ3) is 3.33. The van der Waals surface area contributed by atoms with E-state index in [9.17, 15) is 13.2 Å². The highest BCUT2D eigenvalue weighted by Crippen LogP contribution is 2.56. The monoisotopic (exact) mass is 384 g/mol. The minimum atomic E-state index is -3.47. The number of hydrogen-bond acceptors (Lipinski definition) is 7. The van der Waals surface area contributed by atoms with Gasteiger partial charge >= 0.3 is 6.09 Å². The van der Waals surface area contributed by atoms with Gasteiger partial charge in [0.05, 0.1) is 10.8 Å². The Balaban J connectivity index is 1.93. The molecule has 3 rings (SSSR count). The number of rotatable bonds is 4. The van der Waals surface area contributed by atoms with Gasteiger partial charge in [0.1, 0.15) is 5.60 Å². The summed E-state index contributed by atoms with van der Waals surface area (Å²) in [4.78, 5) is 12.3. The first kappa shape index (κ1) is 18.8. The van der Waals surface area contributed by atoms with Gasteiger partial charge in [-0.1, -0.05) is 6.07 Å². The maximum absolute atomic E-state index is 12.3. The molecule has 0 saturated heterocycles. The van der Waals surface area contributed by atoms with Crippen LogP contribution in [0.5, 0.6) is 11.5 Å². The number of carbonyl (C=O) groups is 1. The Kier molecular flexibility index (Phi) is 4.35. The number of amides is 1. The van der Waals surface area contributed by atoms with Gasteiger partial charge in [0.25, 0.3) is 0 Å². The molecular weight excluding hydrogens is 360 g/mol. The van der Waals surface area contributed by atoms with Crippen molar-refractivity contribution in [1.29, 1.82) is 0 Å². The van der Waals surface area contributed by atoms with Crippen LogP contribution in [0.25, 0.3) is 0 Å². The number of ether oxygens (including phenoxy) is 3. The molecule has 1 heterocycles. The molecule has 3 N–H and O–H groups in total. The highest BCUT2D eigenvalue weighted by Gasteiger charge is 2.70. The number of nitrogens with one attached hydrogen (secondary N) is 1. The van der Waals surface area contributed by atoms with E-state index in [1.165, 1.54) is 0 Å². The number of nitrogens with two attached hydrogens (primary N) is 1. The summed E-state index contributed by atoms with van der Waals surface area (Å²) in [6, 6.07) is 5.23. The Labute approximate surface area is 152 Å². The van der Waals surface area contributed by atoms with Gasteiger partial charge in [-0.2, -0.15) is 0 Å². The average Bonchev–Trinajstić information content (AvgIpc) is 2.93. The van der Waals surface area contributed by atoms with Crippen LogP contribution in [-0.4, -0.2) is 50.5 Å². The summed E-state index contributed by atoms with van der Waals surface area (Å²) in [5.41, 5.74) is 4.81. The Morgan fingerprint density at radius 1 is 1.35 bits per heavy atom. The molecule has 0 aromatic heterocycles. The van der Waals surface area contributed by atoms with Crippen LogP contribution in [0.4, 0.5) is 4.79 Å². The molecule has 1 aromatic rings. The van der Waals surface area contributed by atoms with Crippen LogP contribution in [0.1, 0.15) is 32.3 Å². The Hall–Kier alpha value is -2.00. The van der Waals surface area contributed by atoms with Crippen molar-refractivity contribution in [1.82, 2.24) is 5.32 Å². The molecule has 1 amide bonds. The van der Waals surface area contributed by atoms with Crippen LogP contribution in [0.15, 0.2) is 18.2 Å². The molecule has 0 radical (unpaired) electrons. The van der Waals surface area contributed by atoms with Crippen molar-refractivity contribution in [2.45, 2.75) is 43.1 Å². The second-order valence-electron chi connectivity index (χ2n) is 7.71. The van der Waals surface area contributed by atoms with Gasteiger partial charge < -0.3 is 25.3 Å². The lowest BCUT2D eigenvalue weighted by Crippen LogP contribution is -2.48. The minimum absolute atomic E-state index is 0.0386. The Bertz CT molecular complexity index is 832. The van der Waals surface area contributed by atoms with Crippen LogP contribution in [0.2, 0.25) is 0 Å². The lowest BCUT2D eigenvalue weighted by molar-refractivity contribution is 0.0497. The minimum Gasteiger partial charge on any atom is -0.454 e. The summed E-state index contributed by atoms with van der Waals surface area (Å²) < 4.78 is 40.6. The molecular formula is C17H24N2O6S. The zero-order chi connectivity index (χ0) is 19.3. The fourth-order valence-electron chi connectivity index (χ4n) is 3.55. The number of alkyl carbamates (subject to hydrolysis) is 1. The third-order valence-corrected chi connectivity index (χ3v) is 6.16. The van der Waals surface area contributed by atoms with Crippen LogP contribution < -0.4 is 20.5 Å². The molecule has 0 spiro atoms. The topological polar surface area (TPSA) is 117 Å². The van der Waals surface area contributed by atoms with Gasteiger partial charge in [-0.15, -0.1) is 0 Å². The lowest BCUT2D eigenvalue weighted by Gasteiger charge is -2.24. The van der Waals surface area contributed by atoms with Gasteiger partial charge in [-0.05, 0) is 38.5 Å². The molecule has 1 aromatic carbocycles. The lowest BCUT2D eigenvalue weighted by atomic mass is 10.1. The highest BCUT2D eigenvalue weighted by molar-refractivity contribution is 7.91. The van der Waals surface area contributed by atoms with E-state index in [-0.39, 0.29) is 13.3 Å². The largest absolute Gasteiger partial charge is 0.454 e. The molecule has 1 aliphatic heterocycles. The molecule has 0 unspecified atom stereocenters. The average molecular weight is 384 g/mol. The molecule has 1 aliphatic carbocycles. The highest BCUT2D eigenvalue weighted by atomic mass is 32.2. The molecule has 26 heavy (non-hydrogen) atoms. The standard InChI is InChI=1S/C17H24N2O6S/c1-16(2,3)25-15(20)19-17(8-18)13(14(17)26(4,21)22)10-5-6-11-12(7-10)24-9-23-11/h5-7,13-14H,8-9,18H2,1-4H3,(H,19,20)/t13-,14-,17-/m0/s1. The fraction of sp³-hybridized carbons (Fsp3) is 0.588. The van der Waals surface area contributed by atoms with E-state index in [1.54, 1.807) is 39.0 Å². The summed E-state index contributed by atoms with van der Waals surface area (Å²) in [7, 11) is -3.47. The second-order valence-corrected chi connectivity index (χ2v) is 9.88. The quantitative estimate of drug-likeness (QED) is 0.799. The van der Waals surface area contributed by atoms with Crippen molar-refractivity contribution in [2.75, 3.05) is 19.6 Å². The molecule has 2 aliphatic rings. The molecule has 1 saturated carbocycles. The SMILES string of the molecule is CC(C)(C)OC(=O)N[C@@]1(CN)[C@@H](c2ccc3c(c2)OCO3)[C@@H]1S(C)(=O)=O. The molecule has 0 bridgehead atoms. The molecule has 1 fully saturated rings. The van der Waals surface area contributed by atoms with Crippen LogP contribution in [0.3, 0.4) is 0 Å². The van der Waals surface area contributed by atoms with Gasteiger partial charge in [-0.3, -0.25) is 0 Å². The number of hydrogen-bond donors (Lipinski definition) is 2. The molecule has 9 heteroatoms. The van der Waals surface area contributed by atoms with E-state index in [1.807, 2.05) is 0 Å². The summed E-state index contributed by atoms with van der Waals surface area (Å²) >= 11 is 0. The first-order chi connectivity index (χ1) is 12.0. The Morgan fingerprint density at radius 3 is 2.58 bits per heavy atom. The van der Waals surface area contributed by atoms with Crippen molar-refractivity contribution in [3.05, 3.63) is 23.8 Å². The zero-order valence-electron chi connectivity index (χ0n) is 15.2. The molecule has 8 nitrogen and oxygen atoms in total. The van der Waals surface area contributed by atoms with Gasteiger partial charge in [0, 0.05) is 18.7 Å². The van der Waals surface area contributed by atoms with Gasteiger partial charge in [0.2, 0.25) is 6.79 Å². The zero-order valence-corrected chi connectivity index (χ0v) is 16.1. The van der Waals surface area contributed by atoms with E-state index < -0.39 is 38.2 Å². The third-order valence-electron chi connectivity index (χ3n) is 4.54. The fourth-order valence-corrected chi connectivity index (χ4v) is 5.43. The maximum atomic E-state index is 12.3. The summed E-state index contributed by atoms with van der Waals surface area (Å²) in [5.74, 6) is 0.651. The summed E-state index contributed by atoms with van der Waals surface area (Å²) in [5, 5.41) is 1.87. The first-order valence-electron chi connectivity index (χ1n) is 8.27. The molecule has 144 valence electrons. The second kappa shape index (κ2) is 6.02. The van der Waals surface area contributed by atoms with E-state index in [0.29, 0.717) is 17.1 Å². The number of benzene rings is 1. The van der Waals surface area contributed by atoms with Gasteiger partial charge in [-0.25, -0.2) is 13.2 Å². The maximum Gasteiger partial charge on any atom is 0.408 e. The van der Waals surface area contributed by atoms with E-state index in [0.717, 1.165) is 6.26 Å². The van der Waals surface area contributed by atoms with Crippen molar-refractivity contribution < 1.29 is 27.4 Å². The summed E-state index contributed by atoms with van der Waals surface area (Å²) in [6.07, 6.45) is 0.450. The summed E-state index contributed by atoms with van der Waals surface area (Å²) in [6.45, 7) is 5.29. The normalized spacial score (nSPS) is 27.1. The first-order valence-corrected chi connectivity index (χ1v) is 10.2. The van der Waals surface area contributed by atoms with Crippen molar-refractivity contribution in [2.24, 2.45) is 5.73 Å². The number of sulfone groups is 1. The predicted molar refractivity (Wildman–Crippen MR) is 95.1 cm³/mol. The van der Waals surface area contributed by atoms with Crippen molar-refractivity contribution in [3.8, 4) is 11.5 Å². The smallest absolute Gasteiger partial charge is 0.408 e. The van der Waals surface area contributed by atoms with Crippen LogP contribution in [0, 0.1) is 0 Å². The predicted octanol–water partition coefficient (Wildman–Crippen LogP) is 1.15. The molecule has 3 atom stereocenters. The van der Waals surface area contributed by atoms with Crippen LogP contribution in [-0.2, 0) is 14.6 Å². The number of carbonyl (C=O) groups excluding carboxylic acids is 1. The van der Waals surface area contributed by atoms with Crippen molar-refractivity contribution in [3.63, 3.8) is 0 Å². The number of fused-ring (bicyclic) bond motifs is 1. The van der Waals surface area contributed by atoms with E-state index >= 15 is 0 Å². The van der Waals surface area contributed by atoms with Crippen LogP contribution >= 0.6 is 0 Å². The Morgan fingerprint density at radius 2 is 2.00 bits per heavy atom. The van der Waals surface area contributed by atoms with E-state index in [2.05, 4.69) is 5.32 Å². The van der Waals surface area contributed by atoms with E-state index in [4.69, 9.17) is 19.9 Å².